The average molecular weight is 1140 g/mol. The maximum Gasteiger partial charge on any atom is 0.305 e. The molecule has 1 rings (SSSR count). The highest BCUT2D eigenvalue weighted by atomic mass is 16.7. The third-order valence-corrected chi connectivity index (χ3v) is 16.1. The molecule has 1 aliphatic rings. The number of nitrogens with one attached hydrogen (secondary N) is 1. The van der Waals surface area contributed by atoms with Crippen LogP contribution in [0.25, 0.3) is 0 Å². The van der Waals surface area contributed by atoms with Gasteiger partial charge >= 0.3 is 5.97 Å². The van der Waals surface area contributed by atoms with Gasteiger partial charge < -0.3 is 45.1 Å². The van der Waals surface area contributed by atoms with Crippen molar-refractivity contribution in [3.63, 3.8) is 0 Å². The lowest BCUT2D eigenvalue weighted by molar-refractivity contribution is -0.302. The number of carbonyl (C=O) groups excluding carboxylic acids is 2. The Morgan fingerprint density at radius 2 is 0.815 bits per heavy atom. The highest BCUT2D eigenvalue weighted by molar-refractivity contribution is 5.76. The summed E-state index contributed by atoms with van der Waals surface area (Å²) in [4.78, 5) is 25.0. The van der Waals surface area contributed by atoms with E-state index in [-0.39, 0.29) is 18.5 Å². The average Bonchev–Trinajstić information content (AvgIpc) is 3.47. The summed E-state index contributed by atoms with van der Waals surface area (Å²) in [5.74, 6) is -0.191. The third-order valence-electron chi connectivity index (χ3n) is 16.1. The van der Waals surface area contributed by atoms with Crippen LogP contribution in [0, 0.1) is 0 Å². The lowest BCUT2D eigenvalue weighted by atomic mass is 9.99. The molecule has 1 aliphatic heterocycles. The summed E-state index contributed by atoms with van der Waals surface area (Å²) in [7, 11) is 0. The summed E-state index contributed by atoms with van der Waals surface area (Å²) in [6.07, 6.45) is 66.9. The molecule has 474 valence electrons. The molecule has 7 unspecified atom stereocenters. The largest absolute Gasteiger partial charge is 0.466 e. The van der Waals surface area contributed by atoms with Crippen molar-refractivity contribution in [1.82, 2.24) is 5.32 Å². The molecule has 0 aliphatic carbocycles. The first-order chi connectivity index (χ1) is 39.7. The van der Waals surface area contributed by atoms with Crippen LogP contribution in [-0.2, 0) is 23.8 Å². The Labute approximate surface area is 497 Å². The Kier molecular flexibility index (Phi) is 56.2. The van der Waals surface area contributed by atoms with Gasteiger partial charge in [-0.3, -0.25) is 9.59 Å². The van der Waals surface area contributed by atoms with Crippen LogP contribution in [0.5, 0.6) is 0 Å². The van der Waals surface area contributed by atoms with E-state index in [1.54, 1.807) is 6.08 Å². The van der Waals surface area contributed by atoms with Crippen LogP contribution in [0.1, 0.15) is 322 Å². The predicted molar refractivity (Wildman–Crippen MR) is 338 cm³/mol. The van der Waals surface area contributed by atoms with Crippen molar-refractivity contribution in [2.45, 2.75) is 365 Å². The topological polar surface area (TPSA) is 175 Å². The first-order valence-electron chi connectivity index (χ1n) is 34.4. The second kappa shape index (κ2) is 59.4. The molecular formula is C70H129NO10. The Hall–Kier alpha value is -2.38. The number of unbranched alkanes of at least 4 members (excludes halogenated alkanes) is 40. The van der Waals surface area contributed by atoms with E-state index in [9.17, 15) is 35.1 Å². The van der Waals surface area contributed by atoms with Crippen molar-refractivity contribution in [3.8, 4) is 0 Å². The molecule has 1 amide bonds. The van der Waals surface area contributed by atoms with Crippen molar-refractivity contribution in [2.24, 2.45) is 0 Å². The van der Waals surface area contributed by atoms with Crippen molar-refractivity contribution in [1.29, 1.82) is 0 Å². The Morgan fingerprint density at radius 3 is 1.26 bits per heavy atom. The fraction of sp³-hybridized carbons (Fsp3) is 0.857. The van der Waals surface area contributed by atoms with Crippen LogP contribution >= 0.6 is 0 Å². The van der Waals surface area contributed by atoms with Crippen molar-refractivity contribution in [3.05, 3.63) is 48.6 Å². The minimum Gasteiger partial charge on any atom is -0.466 e. The number of ether oxygens (including phenoxy) is 3. The van der Waals surface area contributed by atoms with Gasteiger partial charge in [-0.05, 0) is 89.9 Å². The van der Waals surface area contributed by atoms with Gasteiger partial charge in [-0.1, -0.05) is 268 Å². The number of rotatable bonds is 60. The molecule has 0 aromatic rings. The minimum atomic E-state index is -1.57. The van der Waals surface area contributed by atoms with Crippen LogP contribution in [-0.4, -0.2) is 100 Å². The van der Waals surface area contributed by atoms with E-state index < -0.39 is 49.5 Å². The Balaban J connectivity index is 1.94. The van der Waals surface area contributed by atoms with E-state index in [1.807, 2.05) is 6.08 Å². The number of carbonyl (C=O) groups is 2. The second-order valence-corrected chi connectivity index (χ2v) is 23.9. The predicted octanol–water partition coefficient (Wildman–Crippen LogP) is 17.2. The standard InChI is InChI=1S/C70H129NO10/c1-3-5-7-9-11-13-37-42-46-50-54-58-66(75)79-59-55-51-47-43-39-36-34-32-30-28-26-24-22-20-18-16-15-17-19-21-23-25-27-29-31-33-35-38-41-45-49-53-57-65(74)71-62(61-80-70-69(78)68(77)67(76)64(60-72)81-70)63(73)56-52-48-44-40-14-12-10-8-6-4-2/h9,11,14,18,20,40,52,56,62-64,67-70,72-73,76-78H,3-8,10,12-13,15-17,19,21-39,41-51,53-55,57-61H2,1-2H3,(H,71,74)/b11-9-,20-18-,40-14+,56-52+. The molecule has 0 bridgehead atoms. The van der Waals surface area contributed by atoms with Crippen LogP contribution in [0.15, 0.2) is 48.6 Å². The molecule has 0 spiro atoms. The van der Waals surface area contributed by atoms with Crippen molar-refractivity contribution < 1.29 is 49.3 Å². The maximum absolute atomic E-state index is 13.0. The van der Waals surface area contributed by atoms with Gasteiger partial charge in [0.25, 0.3) is 0 Å². The normalized spacial score (nSPS) is 18.5. The fourth-order valence-corrected chi connectivity index (χ4v) is 10.7. The lowest BCUT2D eigenvalue weighted by Crippen LogP contribution is -2.60. The van der Waals surface area contributed by atoms with E-state index in [1.165, 1.54) is 238 Å². The second-order valence-electron chi connectivity index (χ2n) is 23.9. The number of hydrogen-bond acceptors (Lipinski definition) is 10. The molecular weight excluding hydrogens is 1010 g/mol. The highest BCUT2D eigenvalue weighted by Gasteiger charge is 2.44. The third kappa shape index (κ3) is 48.5. The van der Waals surface area contributed by atoms with E-state index in [4.69, 9.17) is 14.2 Å². The summed E-state index contributed by atoms with van der Waals surface area (Å²) in [6, 6.07) is -0.825. The quantitative estimate of drug-likeness (QED) is 0.0195. The molecule has 1 heterocycles. The summed E-state index contributed by atoms with van der Waals surface area (Å²) in [6.45, 7) is 4.27. The lowest BCUT2D eigenvalue weighted by Gasteiger charge is -2.40. The van der Waals surface area contributed by atoms with Gasteiger partial charge in [-0.15, -0.1) is 0 Å². The van der Waals surface area contributed by atoms with Crippen molar-refractivity contribution >= 4 is 11.9 Å². The first-order valence-corrected chi connectivity index (χ1v) is 34.4. The van der Waals surface area contributed by atoms with Gasteiger partial charge in [-0.2, -0.15) is 0 Å². The maximum atomic E-state index is 13.0. The molecule has 0 aromatic heterocycles. The molecule has 0 aromatic carbocycles. The zero-order chi connectivity index (χ0) is 58.7. The first kappa shape index (κ1) is 76.6. The number of aliphatic hydroxyl groups is 5. The van der Waals surface area contributed by atoms with E-state index in [2.05, 4.69) is 55.6 Å². The van der Waals surface area contributed by atoms with E-state index in [0.717, 1.165) is 57.8 Å². The highest BCUT2D eigenvalue weighted by Crippen LogP contribution is 2.23. The molecule has 11 heteroatoms. The number of allylic oxidation sites excluding steroid dienone is 7. The number of esters is 1. The molecule has 0 saturated carbocycles. The zero-order valence-corrected chi connectivity index (χ0v) is 52.5. The number of aliphatic hydroxyl groups excluding tert-OH is 5. The molecule has 1 fully saturated rings. The monoisotopic (exact) mass is 1140 g/mol. The Bertz CT molecular complexity index is 1480. The molecule has 7 atom stereocenters. The summed E-state index contributed by atoms with van der Waals surface area (Å²) >= 11 is 0. The van der Waals surface area contributed by atoms with Crippen LogP contribution < -0.4 is 5.32 Å². The van der Waals surface area contributed by atoms with Gasteiger partial charge in [0.05, 0.1) is 32.0 Å². The SMILES string of the molecule is CCCC/C=C\CCCCCCCC(=O)OCCCCCCCCCCCCCC/C=C\CCCCCCCCCCCCCCCCCCC(=O)NC(COC1OC(CO)C(O)C(O)C1O)C(O)/C=C/CC/C=C/CCCCCC. The zero-order valence-electron chi connectivity index (χ0n) is 52.5. The van der Waals surface area contributed by atoms with Gasteiger partial charge in [0, 0.05) is 12.8 Å². The van der Waals surface area contributed by atoms with Crippen LogP contribution in [0.3, 0.4) is 0 Å². The smallest absolute Gasteiger partial charge is 0.305 e. The van der Waals surface area contributed by atoms with Crippen LogP contribution in [0.4, 0.5) is 0 Å². The molecule has 81 heavy (non-hydrogen) atoms. The summed E-state index contributed by atoms with van der Waals surface area (Å²) < 4.78 is 16.7. The molecule has 0 radical (unpaired) electrons. The van der Waals surface area contributed by atoms with Gasteiger partial charge in [0.2, 0.25) is 5.91 Å². The van der Waals surface area contributed by atoms with Crippen molar-refractivity contribution in [2.75, 3.05) is 19.8 Å². The van der Waals surface area contributed by atoms with Gasteiger partial charge in [0.1, 0.15) is 24.4 Å². The van der Waals surface area contributed by atoms with E-state index >= 15 is 0 Å². The van der Waals surface area contributed by atoms with Gasteiger partial charge in [0.15, 0.2) is 6.29 Å². The fourth-order valence-electron chi connectivity index (χ4n) is 10.7. The minimum absolute atomic E-state index is 0.000962. The van der Waals surface area contributed by atoms with Gasteiger partial charge in [-0.25, -0.2) is 0 Å². The van der Waals surface area contributed by atoms with E-state index in [0.29, 0.717) is 19.4 Å². The number of hydrogen-bond donors (Lipinski definition) is 6. The van der Waals surface area contributed by atoms with Crippen LogP contribution in [0.2, 0.25) is 0 Å². The molecule has 1 saturated heterocycles. The molecule has 6 N–H and O–H groups in total. The Morgan fingerprint density at radius 1 is 0.444 bits per heavy atom. The number of amides is 1. The molecule has 11 nitrogen and oxygen atoms in total. The summed E-state index contributed by atoms with van der Waals surface area (Å²) in [5, 5.41) is 54.3. The summed E-state index contributed by atoms with van der Waals surface area (Å²) in [5.41, 5.74) is 0.